The van der Waals surface area contributed by atoms with Crippen LogP contribution < -0.4 is 0 Å². The van der Waals surface area contributed by atoms with E-state index in [0.29, 0.717) is 0 Å². The third-order valence-electron chi connectivity index (χ3n) is 1.11. The molecule has 70 valence electrons. The summed E-state index contributed by atoms with van der Waals surface area (Å²) in [6.07, 6.45) is 20.0. The van der Waals surface area contributed by atoms with E-state index in [4.69, 9.17) is 0 Å². The van der Waals surface area contributed by atoms with Crippen LogP contribution in [-0.2, 0) is 21.7 Å². The van der Waals surface area contributed by atoms with Crippen molar-refractivity contribution in [2.45, 2.75) is 0 Å². The summed E-state index contributed by atoms with van der Waals surface area (Å²) < 4.78 is 0. The Morgan fingerprint density at radius 2 is 0.769 bits per heavy atom. The molecule has 0 atom stereocenters. The normalized spacial score (nSPS) is 18.5. The fourth-order valence-corrected chi connectivity index (χ4v) is 0.642. The molecule has 2 aliphatic carbocycles. The number of hydrogen-bond acceptors (Lipinski definition) is 0. The van der Waals surface area contributed by atoms with Crippen molar-refractivity contribution < 1.29 is 21.7 Å². The second-order valence-electron chi connectivity index (χ2n) is 1.92. The van der Waals surface area contributed by atoms with Gasteiger partial charge in [-0.05, 0) is 0 Å². The van der Waals surface area contributed by atoms with Crippen molar-refractivity contribution in [3.8, 4) is 0 Å². The van der Waals surface area contributed by atoms with Crippen LogP contribution in [0.1, 0.15) is 0 Å². The van der Waals surface area contributed by atoms with Crippen molar-refractivity contribution in [3.05, 3.63) is 79.1 Å². The first-order chi connectivity index (χ1) is 5.00. The molecule has 1 heteroatoms. The molecule has 0 aliphatic heterocycles. The summed E-state index contributed by atoms with van der Waals surface area (Å²) in [5.74, 6) is 0. The zero-order valence-corrected chi connectivity index (χ0v) is 9.84. The topological polar surface area (TPSA) is 0 Å². The molecule has 0 spiro atoms. The number of hydrogen-bond donors (Lipinski definition) is 0. The van der Waals surface area contributed by atoms with Crippen LogP contribution in [0.25, 0.3) is 0 Å². The quantitative estimate of drug-likeness (QED) is 0.424. The third-order valence-corrected chi connectivity index (χ3v) is 1.11. The fourth-order valence-electron chi connectivity index (χ4n) is 0.642. The molecule has 0 bridgehead atoms. The zero-order chi connectivity index (χ0) is 7.07. The Balaban J connectivity index is -0.000000125. The molecule has 2 saturated carbocycles. The molecule has 0 amide bonds. The van der Waals surface area contributed by atoms with E-state index < -0.39 is 0 Å². The minimum Gasteiger partial charge on any atom is -0.358 e. The van der Waals surface area contributed by atoms with E-state index in [1.807, 2.05) is 64.2 Å². The second-order valence-corrected chi connectivity index (χ2v) is 1.92. The monoisotopic (exact) mass is 208 g/mol. The molecule has 2 aliphatic rings. The zero-order valence-electron chi connectivity index (χ0n) is 8.27. The molecule has 8 radical (unpaired) electrons. The summed E-state index contributed by atoms with van der Waals surface area (Å²) in [5, 5.41) is 0. The van der Waals surface area contributed by atoms with Gasteiger partial charge in [0.15, 0.2) is 0 Å². The van der Waals surface area contributed by atoms with Crippen LogP contribution in [0, 0.1) is 79.1 Å². The van der Waals surface area contributed by atoms with Gasteiger partial charge in [0.25, 0.3) is 0 Å². The fraction of sp³-hybridized carbons (Fsp3) is 0. The molecule has 0 unspecified atom stereocenters. The Bertz CT molecular complexity index is 38.3. The van der Waals surface area contributed by atoms with Crippen molar-refractivity contribution in [3.63, 3.8) is 0 Å². The molecule has 0 aromatic heterocycles. The van der Waals surface area contributed by atoms with Gasteiger partial charge in [0.05, 0.1) is 0 Å². The van der Waals surface area contributed by atoms with Crippen LogP contribution in [0.5, 0.6) is 0 Å². The van der Waals surface area contributed by atoms with Crippen LogP contribution in [0.4, 0.5) is 0 Å². The van der Waals surface area contributed by atoms with Gasteiger partial charge in [-0.3, -0.25) is 0 Å². The van der Waals surface area contributed by atoms with Gasteiger partial charge in [-0.1, -0.05) is 25.7 Å². The molecule has 0 aromatic rings. The number of rotatable bonds is 0. The second kappa shape index (κ2) is 15.2. The summed E-state index contributed by atoms with van der Waals surface area (Å²) >= 11 is 0. The van der Waals surface area contributed by atoms with Crippen molar-refractivity contribution in [2.24, 2.45) is 0 Å². The van der Waals surface area contributed by atoms with Gasteiger partial charge in [-0.2, -0.15) is 25.7 Å². The van der Waals surface area contributed by atoms with Crippen LogP contribution in [0.15, 0.2) is 0 Å². The first-order valence-electron chi connectivity index (χ1n) is 3.33. The van der Waals surface area contributed by atoms with Gasteiger partial charge >= 0.3 is 21.7 Å². The molecule has 2 rings (SSSR count). The minimum absolute atomic E-state index is 0. The molecular weight excluding hydrogens is 192 g/mol. The average molecular weight is 208 g/mol. The van der Waals surface area contributed by atoms with Crippen molar-refractivity contribution >= 4 is 0 Å². The predicted molar refractivity (Wildman–Crippen MR) is 55.8 cm³/mol. The van der Waals surface area contributed by atoms with Gasteiger partial charge in [0.1, 0.15) is 0 Å². The Labute approximate surface area is 101 Å². The molecule has 0 aromatic carbocycles. The molecule has 2 fully saturated rings. The summed E-state index contributed by atoms with van der Waals surface area (Å²) in [7, 11) is 0. The van der Waals surface area contributed by atoms with Crippen LogP contribution in [0.3, 0.4) is 0 Å². The van der Waals surface area contributed by atoms with E-state index in [2.05, 4.69) is 0 Å². The van der Waals surface area contributed by atoms with Crippen molar-refractivity contribution in [2.75, 3.05) is 0 Å². The molecule has 0 heterocycles. The molecule has 0 nitrogen and oxygen atoms in total. The van der Waals surface area contributed by atoms with Crippen molar-refractivity contribution in [1.82, 2.24) is 0 Å². The van der Waals surface area contributed by atoms with Crippen LogP contribution in [0.2, 0.25) is 0 Å². The Hall–Kier alpha value is 0.714. The van der Waals surface area contributed by atoms with Gasteiger partial charge in [0.2, 0.25) is 0 Å². The summed E-state index contributed by atoms with van der Waals surface area (Å²) in [6.45, 7) is 0. The molecular formula is C12H16Ti-2. The Kier molecular flexibility index (Phi) is 22.6. The van der Waals surface area contributed by atoms with Gasteiger partial charge in [-0.15, -0.1) is 0 Å². The van der Waals surface area contributed by atoms with E-state index in [1.165, 1.54) is 0 Å². The average Bonchev–Trinajstić information content (AvgIpc) is 2.67. The standard InChI is InChI=1S/2C5H5.2CH3.Ti/c2*1-2-4-5-3-1;;;/h2*1-5H;2*1H3;/q4*-1;+2. The maximum Gasteiger partial charge on any atom is 2.00 e. The largest absolute Gasteiger partial charge is 2.00 e. The summed E-state index contributed by atoms with van der Waals surface area (Å²) in [6, 6.07) is 0. The SMILES string of the molecule is [CH3-].[CH3-].[CH]1[CH][CH][CH-][CH]1.[CH]1[CH][CH][CH-][CH]1.[Ti+2]. The smallest absolute Gasteiger partial charge is 0.358 e. The first kappa shape index (κ1) is 19.3. The van der Waals surface area contributed by atoms with Crippen LogP contribution in [-0.4, -0.2) is 0 Å². The van der Waals surface area contributed by atoms with E-state index >= 15 is 0 Å². The van der Waals surface area contributed by atoms with Crippen LogP contribution >= 0.6 is 0 Å². The van der Waals surface area contributed by atoms with E-state index in [0.717, 1.165) is 0 Å². The third kappa shape index (κ3) is 12.7. The van der Waals surface area contributed by atoms with Gasteiger partial charge < -0.3 is 27.7 Å². The van der Waals surface area contributed by atoms with E-state index in [9.17, 15) is 0 Å². The molecule has 13 heavy (non-hydrogen) atoms. The minimum atomic E-state index is 0. The Morgan fingerprint density at radius 3 is 0.846 bits per heavy atom. The summed E-state index contributed by atoms with van der Waals surface area (Å²) in [4.78, 5) is 0. The van der Waals surface area contributed by atoms with Gasteiger partial charge in [0, 0.05) is 0 Å². The van der Waals surface area contributed by atoms with E-state index in [-0.39, 0.29) is 36.6 Å². The molecule has 0 N–H and O–H groups in total. The van der Waals surface area contributed by atoms with Crippen molar-refractivity contribution in [1.29, 1.82) is 0 Å². The first-order valence-corrected chi connectivity index (χ1v) is 3.33. The van der Waals surface area contributed by atoms with Gasteiger partial charge in [-0.25, -0.2) is 0 Å². The maximum absolute atomic E-state index is 2.00. The summed E-state index contributed by atoms with van der Waals surface area (Å²) in [5.41, 5.74) is 0. The Morgan fingerprint density at radius 1 is 0.538 bits per heavy atom. The molecule has 0 saturated heterocycles. The maximum atomic E-state index is 2.00. The predicted octanol–water partition coefficient (Wildman–Crippen LogP) is 2.94. The van der Waals surface area contributed by atoms with E-state index in [1.54, 1.807) is 0 Å².